The molecule has 0 aromatic heterocycles. The summed E-state index contributed by atoms with van der Waals surface area (Å²) in [5.41, 5.74) is 2.88. The fraction of sp³-hybridized carbons (Fsp3) is 0.0400. The molecule has 6 heteroatoms. The van der Waals surface area contributed by atoms with Crippen molar-refractivity contribution in [1.29, 1.82) is 0 Å². The minimum atomic E-state index is -4.25. The average Bonchev–Trinajstić information content (AvgIpc) is 2.74. The molecule has 0 bridgehead atoms. The zero-order valence-electron chi connectivity index (χ0n) is 17.9. The van der Waals surface area contributed by atoms with E-state index < -0.39 is 10.1 Å². The predicted molar refractivity (Wildman–Crippen MR) is 134 cm³/mol. The van der Waals surface area contributed by atoms with Gasteiger partial charge in [-0.25, -0.2) is 8.42 Å². The molecular formula is C25H30Na2O3S. The number of rotatable bonds is 5. The summed E-state index contributed by atoms with van der Waals surface area (Å²) in [5, 5.41) is 0.641. The molecule has 0 saturated carbocycles. The Hall–Kier alpha value is -1.21. The summed E-state index contributed by atoms with van der Waals surface area (Å²) >= 11 is 0. The SMILES string of the molecule is C=CC(=C)C.C=CC=C.C=Cc1ccccc1.O=S(=O)([O-])C=Cc1ccccc1.[Na+].[NaH]. The van der Waals surface area contributed by atoms with Crippen molar-refractivity contribution >= 4 is 51.8 Å². The number of hydrogen-bond donors (Lipinski definition) is 0. The predicted octanol–water partition coefficient (Wildman–Crippen LogP) is 2.99. The van der Waals surface area contributed by atoms with Crippen LogP contribution in [0, 0.1) is 0 Å². The summed E-state index contributed by atoms with van der Waals surface area (Å²) in [5.74, 6) is 0. The first-order chi connectivity index (χ1) is 13.7. The molecule has 0 unspecified atom stereocenters. The Morgan fingerprint density at radius 3 is 1.42 bits per heavy atom. The quantitative estimate of drug-likeness (QED) is 0.395. The van der Waals surface area contributed by atoms with Crippen LogP contribution >= 0.6 is 0 Å². The van der Waals surface area contributed by atoms with Gasteiger partial charge in [0, 0.05) is 5.41 Å². The van der Waals surface area contributed by atoms with E-state index in [9.17, 15) is 13.0 Å². The molecule has 0 radical (unpaired) electrons. The summed E-state index contributed by atoms with van der Waals surface area (Å²) in [6.07, 6.45) is 8.10. The second kappa shape index (κ2) is 25.1. The van der Waals surface area contributed by atoms with Gasteiger partial charge < -0.3 is 4.55 Å². The summed E-state index contributed by atoms with van der Waals surface area (Å²) in [4.78, 5) is 0. The molecule has 2 aromatic carbocycles. The van der Waals surface area contributed by atoms with E-state index in [4.69, 9.17) is 0 Å². The van der Waals surface area contributed by atoms with Crippen LogP contribution in [-0.2, 0) is 10.1 Å². The molecule has 2 rings (SSSR count). The number of benzene rings is 2. The van der Waals surface area contributed by atoms with Gasteiger partial charge in [-0.15, -0.1) is 0 Å². The third-order valence-corrected chi connectivity index (χ3v) is 3.25. The van der Waals surface area contributed by atoms with Crippen molar-refractivity contribution in [2.75, 3.05) is 0 Å². The molecule has 0 atom stereocenters. The second-order valence-corrected chi connectivity index (χ2v) is 6.60. The maximum absolute atomic E-state index is 10.2. The topological polar surface area (TPSA) is 57.2 Å². The van der Waals surface area contributed by atoms with Crippen molar-refractivity contribution in [1.82, 2.24) is 0 Å². The van der Waals surface area contributed by atoms with Gasteiger partial charge in [0.05, 0.1) is 0 Å². The van der Waals surface area contributed by atoms with E-state index in [0.29, 0.717) is 11.0 Å². The molecule has 0 heterocycles. The van der Waals surface area contributed by atoms with Gasteiger partial charge in [0.25, 0.3) is 0 Å². The Bertz CT molecular complexity index is 867. The van der Waals surface area contributed by atoms with E-state index >= 15 is 0 Å². The van der Waals surface area contributed by atoms with E-state index in [2.05, 4.69) is 32.9 Å². The Labute approximate surface area is 233 Å². The summed E-state index contributed by atoms with van der Waals surface area (Å²) < 4.78 is 30.5. The zero-order valence-corrected chi connectivity index (χ0v) is 20.7. The molecule has 0 fully saturated rings. The van der Waals surface area contributed by atoms with Gasteiger partial charge >= 0.3 is 59.1 Å². The maximum atomic E-state index is 10.2. The summed E-state index contributed by atoms with van der Waals surface area (Å²) in [7, 11) is -4.25. The fourth-order valence-corrected chi connectivity index (χ4v) is 1.64. The molecule has 3 nitrogen and oxygen atoms in total. The van der Waals surface area contributed by atoms with Crippen LogP contribution in [-0.4, -0.2) is 42.5 Å². The fourth-order valence-electron chi connectivity index (χ4n) is 1.32. The van der Waals surface area contributed by atoms with Crippen LogP contribution in [0.25, 0.3) is 12.2 Å². The molecule has 156 valence electrons. The van der Waals surface area contributed by atoms with Gasteiger partial charge in [-0.1, -0.05) is 123 Å². The third-order valence-electron chi connectivity index (χ3n) is 2.78. The second-order valence-electron chi connectivity index (χ2n) is 5.34. The van der Waals surface area contributed by atoms with Crippen molar-refractivity contribution in [3.8, 4) is 0 Å². The van der Waals surface area contributed by atoms with Crippen LogP contribution in [0.15, 0.2) is 123 Å². The standard InChI is InChI=1S/C8H8O3S.C8H8.C5H8.C4H6.2Na.H/c9-12(10,11)7-6-8-4-2-1-3-5-8;1-2-8-6-4-3-5-7-8;1-4-5(2)3;1-3-4-2;;;/h1-7H,(H,9,10,11);2-7H,1H2;4H,1-2H2,3H3;3-4H,1-2H2;;;/q;;;;;+1;/p-1. The van der Waals surface area contributed by atoms with Gasteiger partial charge in [0.1, 0.15) is 10.1 Å². The molecule has 0 aliphatic heterocycles. The first-order valence-corrected chi connectivity index (χ1v) is 10.0. The molecule has 0 aliphatic rings. The van der Waals surface area contributed by atoms with Crippen LogP contribution in [0.5, 0.6) is 0 Å². The molecule has 31 heavy (non-hydrogen) atoms. The van der Waals surface area contributed by atoms with Gasteiger partial charge in [-0.3, -0.25) is 0 Å². The normalized spacial score (nSPS) is 8.58. The molecule has 0 amide bonds. The Balaban J connectivity index is -0.000000168. The van der Waals surface area contributed by atoms with Crippen LogP contribution in [0.3, 0.4) is 0 Å². The number of hydrogen-bond acceptors (Lipinski definition) is 3. The molecule has 0 aliphatic carbocycles. The Morgan fingerprint density at radius 1 is 0.839 bits per heavy atom. The van der Waals surface area contributed by atoms with Gasteiger partial charge in [0.15, 0.2) is 0 Å². The Morgan fingerprint density at radius 2 is 1.19 bits per heavy atom. The van der Waals surface area contributed by atoms with Crippen molar-refractivity contribution < 1.29 is 42.5 Å². The monoisotopic (exact) mass is 456 g/mol. The van der Waals surface area contributed by atoms with E-state index in [-0.39, 0.29) is 59.1 Å². The first-order valence-electron chi connectivity index (χ1n) is 8.58. The molecular weight excluding hydrogens is 426 g/mol. The minimum absolute atomic E-state index is 0. The van der Waals surface area contributed by atoms with E-state index in [1.54, 1.807) is 42.5 Å². The van der Waals surface area contributed by atoms with E-state index in [1.165, 1.54) is 11.6 Å². The Kier molecular flexibility index (Phi) is 30.0. The summed E-state index contributed by atoms with van der Waals surface area (Å²) in [6, 6.07) is 18.8. The zero-order chi connectivity index (χ0) is 22.5. The van der Waals surface area contributed by atoms with Crippen molar-refractivity contribution in [3.05, 3.63) is 134 Å². The van der Waals surface area contributed by atoms with Gasteiger partial charge in [-0.05, 0) is 24.1 Å². The van der Waals surface area contributed by atoms with Crippen molar-refractivity contribution in [2.24, 2.45) is 0 Å². The molecule has 0 spiro atoms. The molecule has 0 saturated heterocycles. The van der Waals surface area contributed by atoms with Crippen molar-refractivity contribution in [2.45, 2.75) is 6.92 Å². The third kappa shape index (κ3) is 31.1. The van der Waals surface area contributed by atoms with Crippen LogP contribution in [0.2, 0.25) is 0 Å². The van der Waals surface area contributed by atoms with Crippen LogP contribution in [0.4, 0.5) is 0 Å². The average molecular weight is 457 g/mol. The van der Waals surface area contributed by atoms with E-state index in [0.717, 1.165) is 5.57 Å². The number of allylic oxidation sites excluding steroid dienone is 4. The van der Waals surface area contributed by atoms with Gasteiger partial charge in [0.2, 0.25) is 0 Å². The van der Waals surface area contributed by atoms with Crippen LogP contribution < -0.4 is 29.6 Å². The van der Waals surface area contributed by atoms with Gasteiger partial charge in [-0.2, -0.15) is 0 Å². The van der Waals surface area contributed by atoms with Crippen molar-refractivity contribution in [3.63, 3.8) is 0 Å². The molecule has 2 aromatic rings. The van der Waals surface area contributed by atoms with Crippen LogP contribution in [0.1, 0.15) is 18.1 Å². The summed E-state index contributed by atoms with van der Waals surface area (Å²) in [6.45, 7) is 19.3. The first kappa shape index (κ1) is 37.1. The molecule has 0 N–H and O–H groups in total. The van der Waals surface area contributed by atoms with E-state index in [1.807, 2.05) is 49.4 Å².